The predicted octanol–water partition coefficient (Wildman–Crippen LogP) is -0.362. The van der Waals surface area contributed by atoms with E-state index in [1.165, 1.54) is 21.0 Å². The number of hydrogen-bond donors (Lipinski definition) is 1. The summed E-state index contributed by atoms with van der Waals surface area (Å²) in [6.45, 7) is 4.49. The molecule has 5 atom stereocenters. The van der Waals surface area contributed by atoms with Crippen LogP contribution in [0.2, 0.25) is 0 Å². The Bertz CT molecular complexity index is 634. The Labute approximate surface area is 168 Å². The molecular weight excluding hydrogens is 390 g/mol. The van der Waals surface area contributed by atoms with Crippen LogP contribution in [0.4, 0.5) is 0 Å². The van der Waals surface area contributed by atoms with Crippen molar-refractivity contribution >= 4 is 29.8 Å². The van der Waals surface area contributed by atoms with Crippen molar-refractivity contribution in [1.29, 1.82) is 0 Å². The number of nitrogens with one attached hydrogen (secondary N) is 1. The van der Waals surface area contributed by atoms with Crippen molar-refractivity contribution in [3.8, 4) is 0 Å². The first-order valence-electron chi connectivity index (χ1n) is 9.02. The van der Waals surface area contributed by atoms with Crippen LogP contribution in [-0.2, 0) is 47.7 Å². The van der Waals surface area contributed by atoms with Gasteiger partial charge in [-0.1, -0.05) is 0 Å². The lowest BCUT2D eigenvalue weighted by atomic mass is 9.90. The molecule has 1 amide bonds. The van der Waals surface area contributed by atoms with Crippen molar-refractivity contribution in [2.24, 2.45) is 0 Å². The minimum atomic E-state index is -1.15. The molecule has 0 spiro atoms. The summed E-state index contributed by atoms with van der Waals surface area (Å²) >= 11 is 0. The third-order valence-corrected chi connectivity index (χ3v) is 4.08. The van der Waals surface area contributed by atoms with E-state index < -0.39 is 60.2 Å². The van der Waals surface area contributed by atoms with Crippen molar-refractivity contribution in [3.05, 3.63) is 0 Å². The number of carbonyl (C=O) groups excluding carboxylic acids is 5. The highest BCUT2D eigenvalue weighted by Gasteiger charge is 2.50. The van der Waals surface area contributed by atoms with Gasteiger partial charge in [-0.15, -0.1) is 0 Å². The minimum Gasteiger partial charge on any atom is -0.469 e. The van der Waals surface area contributed by atoms with Crippen LogP contribution in [0, 0.1) is 0 Å². The van der Waals surface area contributed by atoms with Gasteiger partial charge in [-0.05, 0) is 6.42 Å². The first kappa shape index (κ1) is 24.3. The van der Waals surface area contributed by atoms with Crippen molar-refractivity contribution < 1.29 is 47.7 Å². The van der Waals surface area contributed by atoms with Crippen molar-refractivity contribution in [1.82, 2.24) is 5.32 Å². The van der Waals surface area contributed by atoms with E-state index in [0.717, 1.165) is 13.8 Å². The molecule has 1 aliphatic rings. The molecule has 11 nitrogen and oxygen atoms in total. The highest BCUT2D eigenvalue weighted by molar-refractivity contribution is 5.74. The molecule has 1 aliphatic heterocycles. The third kappa shape index (κ3) is 8.06. The number of ether oxygens (including phenoxy) is 5. The Morgan fingerprint density at radius 2 is 1.45 bits per heavy atom. The highest BCUT2D eigenvalue weighted by atomic mass is 16.6. The average molecular weight is 417 g/mol. The van der Waals surface area contributed by atoms with Crippen LogP contribution in [0.15, 0.2) is 0 Å². The minimum absolute atomic E-state index is 0.0391. The fourth-order valence-corrected chi connectivity index (χ4v) is 3.03. The van der Waals surface area contributed by atoms with Gasteiger partial charge in [0.2, 0.25) is 5.91 Å². The molecule has 11 heteroatoms. The molecule has 1 rings (SSSR count). The van der Waals surface area contributed by atoms with Crippen molar-refractivity contribution in [2.75, 3.05) is 13.7 Å². The van der Waals surface area contributed by atoms with Gasteiger partial charge in [0.05, 0.1) is 19.3 Å². The first-order valence-corrected chi connectivity index (χ1v) is 9.02. The molecule has 1 N–H and O–H groups in total. The smallest absolute Gasteiger partial charge is 0.305 e. The Balaban J connectivity index is 3.26. The van der Waals surface area contributed by atoms with Gasteiger partial charge in [-0.25, -0.2) is 0 Å². The van der Waals surface area contributed by atoms with E-state index in [2.05, 4.69) is 10.1 Å². The standard InChI is InChI=1S/C18H27NO10/c1-9(20)19-16-13(6-7-15(24)25-5)29-14(8-26-10(2)21)17(27-11(3)22)18(16)28-12(4)23/h13-14,16-18H,6-8H2,1-5H3,(H,19,20)/t13-,14+,16-,17+,18+/m1/s1. The van der Waals surface area contributed by atoms with E-state index in [1.807, 2.05) is 0 Å². The van der Waals surface area contributed by atoms with Crippen LogP contribution in [0.25, 0.3) is 0 Å². The van der Waals surface area contributed by atoms with Gasteiger partial charge in [0, 0.05) is 34.1 Å². The van der Waals surface area contributed by atoms with Gasteiger partial charge < -0.3 is 29.0 Å². The second-order valence-corrected chi connectivity index (χ2v) is 6.50. The van der Waals surface area contributed by atoms with Gasteiger partial charge in [0.15, 0.2) is 12.2 Å². The van der Waals surface area contributed by atoms with Crippen LogP contribution in [-0.4, -0.2) is 74.0 Å². The monoisotopic (exact) mass is 417 g/mol. The number of methoxy groups -OCH3 is 1. The topological polar surface area (TPSA) is 144 Å². The van der Waals surface area contributed by atoms with Crippen LogP contribution in [0.3, 0.4) is 0 Å². The molecule has 1 heterocycles. The summed E-state index contributed by atoms with van der Waals surface area (Å²) in [5, 5.41) is 2.63. The Morgan fingerprint density at radius 3 is 1.93 bits per heavy atom. The van der Waals surface area contributed by atoms with E-state index in [9.17, 15) is 24.0 Å². The molecule has 1 fully saturated rings. The molecular formula is C18H27NO10. The molecule has 1 saturated heterocycles. The average Bonchev–Trinajstić information content (AvgIpc) is 2.60. The van der Waals surface area contributed by atoms with Gasteiger partial charge in [0.1, 0.15) is 12.7 Å². The molecule has 0 aromatic heterocycles. The molecule has 0 bridgehead atoms. The predicted molar refractivity (Wildman–Crippen MR) is 95.3 cm³/mol. The maximum Gasteiger partial charge on any atom is 0.305 e. The lowest BCUT2D eigenvalue weighted by Gasteiger charge is -2.45. The summed E-state index contributed by atoms with van der Waals surface area (Å²) in [4.78, 5) is 57.8. The van der Waals surface area contributed by atoms with E-state index in [-0.39, 0.29) is 19.4 Å². The van der Waals surface area contributed by atoms with E-state index in [0.29, 0.717) is 0 Å². The quantitative estimate of drug-likeness (QED) is 0.410. The number of hydrogen-bond acceptors (Lipinski definition) is 10. The molecule has 0 radical (unpaired) electrons. The molecule has 164 valence electrons. The molecule has 29 heavy (non-hydrogen) atoms. The van der Waals surface area contributed by atoms with Crippen LogP contribution in [0.1, 0.15) is 40.5 Å². The molecule has 0 saturated carbocycles. The first-order chi connectivity index (χ1) is 13.5. The number of carbonyl (C=O) groups is 5. The SMILES string of the molecule is COC(=O)CC[C@H]1O[C@@H](COC(C)=O)[C@H](OC(C)=O)[C@@H](OC(C)=O)[C@@H]1NC(C)=O. The molecule has 0 aliphatic carbocycles. The van der Waals surface area contributed by atoms with Crippen molar-refractivity contribution in [3.63, 3.8) is 0 Å². The van der Waals surface area contributed by atoms with E-state index in [1.54, 1.807) is 0 Å². The third-order valence-electron chi connectivity index (χ3n) is 4.08. The summed E-state index contributed by atoms with van der Waals surface area (Å²) in [5.74, 6) is -2.90. The second kappa shape index (κ2) is 11.3. The van der Waals surface area contributed by atoms with Crippen LogP contribution >= 0.6 is 0 Å². The van der Waals surface area contributed by atoms with Gasteiger partial charge in [-0.3, -0.25) is 24.0 Å². The summed E-state index contributed by atoms with van der Waals surface area (Å²) in [6, 6.07) is -0.918. The molecule has 0 aromatic carbocycles. The molecule has 0 unspecified atom stereocenters. The maximum absolute atomic E-state index is 11.7. The van der Waals surface area contributed by atoms with Crippen molar-refractivity contribution in [2.45, 2.75) is 71.0 Å². The van der Waals surface area contributed by atoms with Crippen LogP contribution in [0.5, 0.6) is 0 Å². The lowest BCUT2D eigenvalue weighted by molar-refractivity contribution is -0.224. The summed E-state index contributed by atoms with van der Waals surface area (Å²) in [5.41, 5.74) is 0. The van der Waals surface area contributed by atoms with Crippen LogP contribution < -0.4 is 5.32 Å². The van der Waals surface area contributed by atoms with E-state index >= 15 is 0 Å². The molecule has 0 aromatic rings. The Morgan fingerprint density at radius 1 is 0.862 bits per heavy atom. The van der Waals surface area contributed by atoms with E-state index in [4.69, 9.17) is 18.9 Å². The van der Waals surface area contributed by atoms with Gasteiger partial charge >= 0.3 is 23.9 Å². The zero-order chi connectivity index (χ0) is 22.1. The number of esters is 4. The maximum atomic E-state index is 11.7. The number of rotatable bonds is 8. The van der Waals surface area contributed by atoms with Gasteiger partial charge in [-0.2, -0.15) is 0 Å². The summed E-state index contributed by atoms with van der Waals surface area (Å²) in [6.07, 6.45) is -4.00. The summed E-state index contributed by atoms with van der Waals surface area (Å²) in [7, 11) is 1.23. The zero-order valence-corrected chi connectivity index (χ0v) is 17.1. The summed E-state index contributed by atoms with van der Waals surface area (Å²) < 4.78 is 26.1. The fraction of sp³-hybridized carbons (Fsp3) is 0.722. The second-order valence-electron chi connectivity index (χ2n) is 6.50. The Hall–Kier alpha value is -2.69. The highest BCUT2D eigenvalue weighted by Crippen LogP contribution is 2.29. The number of amides is 1. The zero-order valence-electron chi connectivity index (χ0n) is 17.1. The Kier molecular flexibility index (Phi) is 9.53. The normalized spacial score (nSPS) is 26.0. The fourth-order valence-electron chi connectivity index (χ4n) is 3.03. The van der Waals surface area contributed by atoms with Gasteiger partial charge in [0.25, 0.3) is 0 Å². The largest absolute Gasteiger partial charge is 0.469 e. The lowest BCUT2D eigenvalue weighted by Crippen LogP contribution is -2.66.